The van der Waals surface area contributed by atoms with Crippen LogP contribution in [0.2, 0.25) is 0 Å². The van der Waals surface area contributed by atoms with Crippen LogP contribution in [0.5, 0.6) is 0 Å². The molecule has 0 unspecified atom stereocenters. The Morgan fingerprint density at radius 3 is 1.07 bits per heavy atom. The van der Waals surface area contributed by atoms with Crippen molar-refractivity contribution in [3.8, 4) is 0 Å². The molecule has 0 aromatic heterocycles. The standard InChI is InChI=1S/2C6H7.2CH3.Fe/c2*1-6-4-2-3-5-6;;;/h2*2-5H,1H3;2*1H3;/q;;2*-1;+2. The minimum absolute atomic E-state index is 0. The third kappa shape index (κ3) is 9.78. The topological polar surface area (TPSA) is 0 Å². The first kappa shape index (κ1) is 20.0. The second-order valence-electron chi connectivity index (χ2n) is 2.92. The fraction of sp³-hybridized carbons (Fsp3) is 0.143. The van der Waals surface area contributed by atoms with Crippen LogP contribution in [-0.4, -0.2) is 0 Å². The van der Waals surface area contributed by atoms with Gasteiger partial charge >= 0.3 is 17.1 Å². The van der Waals surface area contributed by atoms with E-state index in [2.05, 4.69) is 38.8 Å². The summed E-state index contributed by atoms with van der Waals surface area (Å²) < 4.78 is 0. The Bertz CT molecular complexity index is 227. The van der Waals surface area contributed by atoms with Crippen LogP contribution in [-0.2, 0) is 17.1 Å². The van der Waals surface area contributed by atoms with E-state index in [1.807, 2.05) is 24.3 Å². The molecule has 2 aliphatic carbocycles. The summed E-state index contributed by atoms with van der Waals surface area (Å²) in [5.41, 5.74) is 2.69. The van der Waals surface area contributed by atoms with Crippen molar-refractivity contribution in [3.05, 3.63) is 75.3 Å². The van der Waals surface area contributed by atoms with E-state index >= 15 is 0 Å². The van der Waals surface area contributed by atoms with E-state index in [0.717, 1.165) is 0 Å². The van der Waals surface area contributed by atoms with Gasteiger partial charge in [-0.3, -0.25) is 0 Å². The van der Waals surface area contributed by atoms with Crippen LogP contribution in [0.4, 0.5) is 0 Å². The van der Waals surface area contributed by atoms with E-state index in [1.54, 1.807) is 0 Å². The molecule has 0 aromatic rings. The Labute approximate surface area is 106 Å². The summed E-state index contributed by atoms with van der Waals surface area (Å²) in [6.07, 6.45) is 16.5. The number of allylic oxidation sites excluding steroid dienone is 8. The molecule has 0 N–H and O–H groups in total. The molecule has 0 aromatic carbocycles. The zero-order valence-electron chi connectivity index (χ0n) is 9.97. The molecule has 0 saturated heterocycles. The van der Waals surface area contributed by atoms with Crippen molar-refractivity contribution in [1.82, 2.24) is 0 Å². The average Bonchev–Trinajstić information content (AvgIpc) is 2.63. The monoisotopic (exact) mass is 244 g/mol. The number of hydrogen-bond acceptors (Lipinski definition) is 0. The predicted octanol–water partition coefficient (Wildman–Crippen LogP) is 4.31. The molecule has 1 heteroatoms. The summed E-state index contributed by atoms with van der Waals surface area (Å²) >= 11 is 0. The first-order valence-electron chi connectivity index (χ1n) is 4.15. The van der Waals surface area contributed by atoms with Crippen LogP contribution in [0, 0.1) is 27.7 Å². The summed E-state index contributed by atoms with van der Waals surface area (Å²) in [7, 11) is 0. The van der Waals surface area contributed by atoms with Crippen LogP contribution in [0.1, 0.15) is 13.8 Å². The van der Waals surface area contributed by atoms with E-state index in [-0.39, 0.29) is 31.9 Å². The van der Waals surface area contributed by atoms with Crippen LogP contribution >= 0.6 is 0 Å². The van der Waals surface area contributed by atoms with Gasteiger partial charge in [0.15, 0.2) is 0 Å². The van der Waals surface area contributed by atoms with Crippen molar-refractivity contribution in [2.24, 2.45) is 0 Å². The van der Waals surface area contributed by atoms with Gasteiger partial charge in [-0.2, -0.15) is 0 Å². The van der Waals surface area contributed by atoms with E-state index in [0.29, 0.717) is 0 Å². The van der Waals surface area contributed by atoms with Gasteiger partial charge in [0.2, 0.25) is 0 Å². The Kier molecular flexibility index (Phi) is 15.4. The molecule has 84 valence electrons. The molecule has 0 fully saturated rings. The molecule has 0 atom stereocenters. The van der Waals surface area contributed by atoms with Crippen molar-refractivity contribution in [2.45, 2.75) is 13.8 Å². The van der Waals surface area contributed by atoms with Gasteiger partial charge in [-0.15, -0.1) is 0 Å². The van der Waals surface area contributed by atoms with Crippen molar-refractivity contribution in [1.29, 1.82) is 0 Å². The number of rotatable bonds is 0. The van der Waals surface area contributed by atoms with Crippen LogP contribution < -0.4 is 0 Å². The Hall–Kier alpha value is -0.521. The van der Waals surface area contributed by atoms with Crippen molar-refractivity contribution in [2.75, 3.05) is 0 Å². The fourth-order valence-electron chi connectivity index (χ4n) is 0.940. The molecular formula is C14H20Fe. The molecule has 2 rings (SSSR count). The summed E-state index contributed by atoms with van der Waals surface area (Å²) in [6, 6.07) is 0. The van der Waals surface area contributed by atoms with Crippen molar-refractivity contribution >= 4 is 0 Å². The zero-order chi connectivity index (χ0) is 8.81. The maximum Gasteiger partial charge on any atom is 2.00 e. The molecular weight excluding hydrogens is 224 g/mol. The van der Waals surface area contributed by atoms with Gasteiger partial charge in [0.25, 0.3) is 0 Å². The molecule has 0 nitrogen and oxygen atoms in total. The van der Waals surface area contributed by atoms with Gasteiger partial charge in [0.1, 0.15) is 0 Å². The maximum absolute atomic E-state index is 2.08. The first-order valence-corrected chi connectivity index (χ1v) is 4.15. The molecule has 15 heavy (non-hydrogen) atoms. The average molecular weight is 244 g/mol. The first-order chi connectivity index (χ1) is 5.79. The van der Waals surface area contributed by atoms with Gasteiger partial charge in [-0.05, 0) is 13.8 Å². The number of hydrogen-bond donors (Lipinski definition) is 0. The molecule has 0 spiro atoms. The van der Waals surface area contributed by atoms with Crippen molar-refractivity contribution < 1.29 is 17.1 Å². The summed E-state index contributed by atoms with van der Waals surface area (Å²) in [5.74, 6) is 0. The van der Waals surface area contributed by atoms with Gasteiger partial charge in [0.05, 0.1) is 0 Å². The fourth-order valence-corrected chi connectivity index (χ4v) is 0.940. The minimum Gasteiger partial charge on any atom is -0.358 e. The summed E-state index contributed by atoms with van der Waals surface area (Å²) in [4.78, 5) is 0. The van der Waals surface area contributed by atoms with E-state index in [1.165, 1.54) is 11.1 Å². The van der Waals surface area contributed by atoms with Crippen LogP contribution in [0.3, 0.4) is 0 Å². The second kappa shape index (κ2) is 11.6. The molecule has 0 saturated carbocycles. The molecule has 2 aliphatic rings. The molecule has 0 heterocycles. The zero-order valence-corrected chi connectivity index (χ0v) is 11.1. The smallest absolute Gasteiger partial charge is 0.358 e. The normalized spacial score (nSPS) is 14.8. The Balaban J connectivity index is -0.000000160. The summed E-state index contributed by atoms with van der Waals surface area (Å²) in [5, 5.41) is 0. The molecule has 0 amide bonds. The van der Waals surface area contributed by atoms with E-state index in [9.17, 15) is 0 Å². The van der Waals surface area contributed by atoms with E-state index < -0.39 is 0 Å². The van der Waals surface area contributed by atoms with Gasteiger partial charge in [0, 0.05) is 12.8 Å². The molecule has 0 bridgehead atoms. The van der Waals surface area contributed by atoms with Gasteiger partial charge < -0.3 is 14.9 Å². The van der Waals surface area contributed by atoms with Gasteiger partial charge in [-0.25, -0.2) is 0 Å². The largest absolute Gasteiger partial charge is 2.00 e. The molecule has 2 radical (unpaired) electrons. The van der Waals surface area contributed by atoms with Crippen molar-refractivity contribution in [3.63, 3.8) is 0 Å². The van der Waals surface area contributed by atoms with Crippen LogP contribution in [0.15, 0.2) is 47.6 Å². The minimum atomic E-state index is 0. The van der Waals surface area contributed by atoms with E-state index in [4.69, 9.17) is 0 Å². The third-order valence-electron chi connectivity index (χ3n) is 1.66. The summed E-state index contributed by atoms with van der Waals surface area (Å²) in [6.45, 7) is 4.17. The third-order valence-corrected chi connectivity index (χ3v) is 1.66. The quantitative estimate of drug-likeness (QED) is 0.440. The maximum atomic E-state index is 2.08. The Morgan fingerprint density at radius 2 is 1.00 bits per heavy atom. The molecule has 0 aliphatic heterocycles. The predicted molar refractivity (Wildman–Crippen MR) is 67.2 cm³/mol. The van der Waals surface area contributed by atoms with Crippen LogP contribution in [0.25, 0.3) is 0 Å². The van der Waals surface area contributed by atoms with Gasteiger partial charge in [-0.1, -0.05) is 47.6 Å². The SMILES string of the molecule is CC1=CC=C[CH]1.CC1=CC=C[CH]1.[CH3-].[CH3-].[Fe+2]. The Morgan fingerprint density at radius 1 is 0.667 bits per heavy atom. The second-order valence-corrected chi connectivity index (χ2v) is 2.92.